The molecule has 1 aromatic carbocycles. The largest absolute Gasteiger partial charge is 0.478 e. The first kappa shape index (κ1) is 11.8. The first-order valence-corrected chi connectivity index (χ1v) is 6.20. The Kier molecular flexibility index (Phi) is 2.74. The van der Waals surface area contributed by atoms with E-state index >= 15 is 0 Å². The molecule has 2 aromatic rings. The minimum absolute atomic E-state index is 0.205. The maximum Gasteiger partial charge on any atom is 0.335 e. The number of anilines is 1. The van der Waals surface area contributed by atoms with Gasteiger partial charge < -0.3 is 14.4 Å². The van der Waals surface area contributed by atoms with E-state index < -0.39 is 5.97 Å². The summed E-state index contributed by atoms with van der Waals surface area (Å²) in [6.07, 6.45) is 4.08. The lowest BCUT2D eigenvalue weighted by molar-refractivity contribution is 0.0697. The quantitative estimate of drug-likeness (QED) is 0.835. The zero-order valence-corrected chi connectivity index (χ0v) is 10.4. The summed E-state index contributed by atoms with van der Waals surface area (Å²) in [4.78, 5) is 17.4. The molecule has 5 nitrogen and oxygen atoms in total. The van der Waals surface area contributed by atoms with Crippen LogP contribution in [0.1, 0.15) is 23.2 Å². The van der Waals surface area contributed by atoms with Gasteiger partial charge in [0.15, 0.2) is 5.58 Å². The highest BCUT2D eigenvalue weighted by Crippen LogP contribution is 2.32. The molecule has 0 radical (unpaired) electrons. The third kappa shape index (κ3) is 2.19. The molecule has 1 fully saturated rings. The summed E-state index contributed by atoms with van der Waals surface area (Å²) in [7, 11) is 0. The van der Waals surface area contributed by atoms with Crippen LogP contribution in [0.5, 0.6) is 0 Å². The van der Waals surface area contributed by atoms with Gasteiger partial charge in [-0.2, -0.15) is 4.98 Å². The molecule has 98 valence electrons. The number of carboxylic acid groups (broad SMARTS) is 1. The molecule has 1 aliphatic carbocycles. The zero-order valence-electron chi connectivity index (χ0n) is 10.4. The Morgan fingerprint density at radius 1 is 1.58 bits per heavy atom. The summed E-state index contributed by atoms with van der Waals surface area (Å²) >= 11 is 0. The number of aromatic nitrogens is 1. The van der Waals surface area contributed by atoms with Crippen molar-refractivity contribution in [1.82, 2.24) is 4.98 Å². The van der Waals surface area contributed by atoms with Crippen LogP contribution in [0.25, 0.3) is 11.1 Å². The number of nitrogens with zero attached hydrogens (tertiary/aromatic N) is 2. The second kappa shape index (κ2) is 4.42. The van der Waals surface area contributed by atoms with Gasteiger partial charge in [0.25, 0.3) is 6.01 Å². The van der Waals surface area contributed by atoms with Crippen LogP contribution in [-0.2, 0) is 0 Å². The van der Waals surface area contributed by atoms with Crippen molar-refractivity contribution in [1.29, 1.82) is 0 Å². The van der Waals surface area contributed by atoms with E-state index in [-0.39, 0.29) is 5.56 Å². The number of carboxylic acids is 1. The maximum absolute atomic E-state index is 10.9. The van der Waals surface area contributed by atoms with E-state index in [1.807, 2.05) is 6.08 Å². The van der Waals surface area contributed by atoms with Gasteiger partial charge in [-0.25, -0.2) is 4.79 Å². The minimum atomic E-state index is -0.968. The summed E-state index contributed by atoms with van der Waals surface area (Å²) in [6.45, 7) is 4.42. The number of rotatable bonds is 5. The topological polar surface area (TPSA) is 66.6 Å². The summed E-state index contributed by atoms with van der Waals surface area (Å²) < 4.78 is 5.68. The Labute approximate surface area is 110 Å². The van der Waals surface area contributed by atoms with Crippen molar-refractivity contribution >= 4 is 23.1 Å². The second-order valence-corrected chi connectivity index (χ2v) is 4.66. The third-order valence-electron chi connectivity index (χ3n) is 3.18. The maximum atomic E-state index is 10.9. The van der Waals surface area contributed by atoms with Crippen LogP contribution in [0.4, 0.5) is 6.01 Å². The van der Waals surface area contributed by atoms with Crippen molar-refractivity contribution in [2.24, 2.45) is 0 Å². The van der Waals surface area contributed by atoms with E-state index in [0.717, 1.165) is 12.8 Å². The van der Waals surface area contributed by atoms with Gasteiger partial charge in [-0.05, 0) is 31.0 Å². The fourth-order valence-corrected chi connectivity index (χ4v) is 2.08. The Hall–Kier alpha value is -2.30. The summed E-state index contributed by atoms with van der Waals surface area (Å²) in [5.74, 6) is -0.968. The van der Waals surface area contributed by atoms with Crippen LogP contribution >= 0.6 is 0 Å². The molecule has 0 aliphatic heterocycles. The minimum Gasteiger partial charge on any atom is -0.478 e. The number of oxazole rings is 1. The van der Waals surface area contributed by atoms with Crippen molar-refractivity contribution in [3.05, 3.63) is 36.4 Å². The van der Waals surface area contributed by atoms with Gasteiger partial charge in [-0.3, -0.25) is 0 Å². The normalized spacial score (nSPS) is 14.5. The van der Waals surface area contributed by atoms with Gasteiger partial charge in [0.05, 0.1) is 5.56 Å². The van der Waals surface area contributed by atoms with Crippen molar-refractivity contribution in [3.63, 3.8) is 0 Å². The highest BCUT2D eigenvalue weighted by Gasteiger charge is 2.31. The van der Waals surface area contributed by atoms with Crippen molar-refractivity contribution in [2.45, 2.75) is 18.9 Å². The van der Waals surface area contributed by atoms with E-state index in [4.69, 9.17) is 9.52 Å². The van der Waals surface area contributed by atoms with E-state index in [0.29, 0.717) is 29.7 Å². The monoisotopic (exact) mass is 258 g/mol. The molecular weight excluding hydrogens is 244 g/mol. The SMILES string of the molecule is C=CCN(c1nc2ccc(C(=O)O)cc2o1)C1CC1. The molecule has 19 heavy (non-hydrogen) atoms. The van der Waals surface area contributed by atoms with E-state index in [1.165, 1.54) is 12.1 Å². The van der Waals surface area contributed by atoms with Crippen LogP contribution in [0.2, 0.25) is 0 Å². The fraction of sp³-hybridized carbons (Fsp3) is 0.286. The van der Waals surface area contributed by atoms with Crippen LogP contribution in [0.15, 0.2) is 35.3 Å². The zero-order chi connectivity index (χ0) is 13.4. The van der Waals surface area contributed by atoms with E-state index in [9.17, 15) is 4.79 Å². The molecule has 0 saturated heterocycles. The molecule has 0 unspecified atom stereocenters. The molecule has 5 heteroatoms. The van der Waals surface area contributed by atoms with Crippen molar-refractivity contribution < 1.29 is 14.3 Å². The molecule has 1 heterocycles. The number of hydrogen-bond donors (Lipinski definition) is 1. The van der Waals surface area contributed by atoms with Gasteiger partial charge >= 0.3 is 5.97 Å². The highest BCUT2D eigenvalue weighted by atomic mass is 16.4. The summed E-state index contributed by atoms with van der Waals surface area (Å²) in [5, 5.41) is 8.96. The fourth-order valence-electron chi connectivity index (χ4n) is 2.08. The smallest absolute Gasteiger partial charge is 0.335 e. The third-order valence-corrected chi connectivity index (χ3v) is 3.18. The standard InChI is InChI=1S/C14H14N2O3/c1-2-7-16(10-4-5-10)14-15-11-6-3-9(13(17)18)8-12(11)19-14/h2-3,6,8,10H,1,4-5,7H2,(H,17,18). The first-order valence-electron chi connectivity index (χ1n) is 6.20. The van der Waals surface area contributed by atoms with E-state index in [2.05, 4.69) is 16.5 Å². The molecule has 1 aromatic heterocycles. The summed E-state index contributed by atoms with van der Waals surface area (Å²) in [5.41, 5.74) is 1.39. The van der Waals surface area contributed by atoms with Crippen LogP contribution in [0.3, 0.4) is 0 Å². The number of fused-ring (bicyclic) bond motifs is 1. The molecule has 0 amide bonds. The second-order valence-electron chi connectivity index (χ2n) is 4.66. The van der Waals surface area contributed by atoms with Crippen LogP contribution < -0.4 is 4.90 Å². The van der Waals surface area contributed by atoms with Crippen molar-refractivity contribution in [2.75, 3.05) is 11.4 Å². The molecular formula is C14H14N2O3. The molecule has 0 atom stereocenters. The Morgan fingerprint density at radius 3 is 3.00 bits per heavy atom. The van der Waals surface area contributed by atoms with Gasteiger partial charge in [0.1, 0.15) is 5.52 Å². The molecule has 0 spiro atoms. The number of benzene rings is 1. The molecule has 1 N–H and O–H groups in total. The molecule has 0 bridgehead atoms. The highest BCUT2D eigenvalue weighted by molar-refractivity contribution is 5.92. The van der Waals surface area contributed by atoms with Gasteiger partial charge in [-0.15, -0.1) is 6.58 Å². The molecule has 1 aliphatic rings. The lowest BCUT2D eigenvalue weighted by Gasteiger charge is -2.17. The van der Waals surface area contributed by atoms with Gasteiger partial charge in [-0.1, -0.05) is 6.08 Å². The van der Waals surface area contributed by atoms with E-state index in [1.54, 1.807) is 6.07 Å². The van der Waals surface area contributed by atoms with Crippen molar-refractivity contribution in [3.8, 4) is 0 Å². The Bertz CT molecular complexity index is 643. The lowest BCUT2D eigenvalue weighted by atomic mass is 10.2. The molecule has 1 saturated carbocycles. The van der Waals surface area contributed by atoms with Crippen LogP contribution in [-0.4, -0.2) is 28.6 Å². The average Bonchev–Trinajstić information content (AvgIpc) is 3.13. The van der Waals surface area contributed by atoms with Gasteiger partial charge in [0.2, 0.25) is 0 Å². The number of carbonyl (C=O) groups is 1. The van der Waals surface area contributed by atoms with Crippen LogP contribution in [0, 0.1) is 0 Å². The number of aromatic carboxylic acids is 1. The van der Waals surface area contributed by atoms with Gasteiger partial charge in [0, 0.05) is 12.6 Å². The predicted octanol–water partition coefficient (Wildman–Crippen LogP) is 2.68. The average molecular weight is 258 g/mol. The number of hydrogen-bond acceptors (Lipinski definition) is 4. The Morgan fingerprint density at radius 2 is 2.37 bits per heavy atom. The summed E-state index contributed by atoms with van der Waals surface area (Å²) in [6, 6.07) is 5.72. The predicted molar refractivity (Wildman–Crippen MR) is 71.5 cm³/mol. The Balaban J connectivity index is 2.00. The lowest BCUT2D eigenvalue weighted by Crippen LogP contribution is -2.25. The molecule has 3 rings (SSSR count). The first-order chi connectivity index (χ1) is 9.19.